The van der Waals surface area contributed by atoms with E-state index in [0.717, 1.165) is 52.6 Å². The Bertz CT molecular complexity index is 3000. The number of fused-ring (bicyclic) bond motifs is 7. The van der Waals surface area contributed by atoms with Crippen molar-refractivity contribution in [3.8, 4) is 11.1 Å². The van der Waals surface area contributed by atoms with Crippen molar-refractivity contribution in [1.29, 1.82) is 0 Å². The van der Waals surface area contributed by atoms with Crippen LogP contribution in [0.3, 0.4) is 0 Å². The molecule has 0 aliphatic heterocycles. The number of rotatable bonds is 6. The third kappa shape index (κ3) is 5.34. The standard InChI is InChI=1S/C52H38N2O/c1-2-11-35(12-3-1)37-21-27-41(28-22-37)53(50-19-10-17-46-45-16-7-9-20-51(45)55-52(46)50)42-29-23-38(24-30-42)40-26-32-49-47(34-40)44-15-6-8-18-48(44)54(49)43-31-25-36-13-4-5-14-39(36)33-43/h1-21,23-27,29-32,34,39H,22,28,33H2. The molecular weight excluding hydrogens is 669 g/mol. The Kier molecular flexibility index (Phi) is 7.44. The Morgan fingerprint density at radius 3 is 2.22 bits per heavy atom. The fourth-order valence-electron chi connectivity index (χ4n) is 8.95. The molecule has 0 spiro atoms. The van der Waals surface area contributed by atoms with Crippen molar-refractivity contribution in [1.82, 2.24) is 4.57 Å². The van der Waals surface area contributed by atoms with E-state index in [1.54, 1.807) is 0 Å². The summed E-state index contributed by atoms with van der Waals surface area (Å²) in [5, 5.41) is 4.83. The summed E-state index contributed by atoms with van der Waals surface area (Å²) in [6.45, 7) is 0. The van der Waals surface area contributed by atoms with Crippen LogP contribution >= 0.6 is 0 Å². The molecule has 0 saturated carbocycles. The Morgan fingerprint density at radius 2 is 1.35 bits per heavy atom. The van der Waals surface area contributed by atoms with E-state index in [-0.39, 0.29) is 0 Å². The van der Waals surface area contributed by atoms with Gasteiger partial charge in [0.05, 0.1) is 16.7 Å². The first-order valence-electron chi connectivity index (χ1n) is 19.3. The summed E-state index contributed by atoms with van der Waals surface area (Å²) in [7, 11) is 0. The fourth-order valence-corrected chi connectivity index (χ4v) is 8.95. The lowest BCUT2D eigenvalue weighted by Crippen LogP contribution is -2.18. The molecule has 0 saturated heterocycles. The zero-order valence-corrected chi connectivity index (χ0v) is 30.4. The van der Waals surface area contributed by atoms with Gasteiger partial charge in [0.25, 0.3) is 0 Å². The van der Waals surface area contributed by atoms with Gasteiger partial charge >= 0.3 is 0 Å². The molecule has 0 fully saturated rings. The highest BCUT2D eigenvalue weighted by Gasteiger charge is 2.24. The van der Waals surface area contributed by atoms with Crippen LogP contribution in [0.4, 0.5) is 11.4 Å². The first-order valence-corrected chi connectivity index (χ1v) is 19.3. The van der Waals surface area contributed by atoms with Gasteiger partial charge in [0.2, 0.25) is 0 Å². The Hall–Kier alpha value is -6.84. The summed E-state index contributed by atoms with van der Waals surface area (Å²) < 4.78 is 9.08. The van der Waals surface area contributed by atoms with Crippen molar-refractivity contribution in [2.24, 2.45) is 5.92 Å². The van der Waals surface area contributed by atoms with Gasteiger partial charge in [-0.2, -0.15) is 0 Å². The lowest BCUT2D eigenvalue weighted by molar-refractivity contribution is 0.668. The highest BCUT2D eigenvalue weighted by Crippen LogP contribution is 2.44. The smallest absolute Gasteiger partial charge is 0.159 e. The average Bonchev–Trinajstić information content (AvgIpc) is 3.81. The number of para-hydroxylation sites is 3. The number of anilines is 2. The minimum atomic E-state index is 0.420. The molecule has 0 bridgehead atoms. The molecule has 3 heteroatoms. The normalized spacial score (nSPS) is 16.6. The fraction of sp³-hybridized carbons (Fsp3) is 0.0769. The van der Waals surface area contributed by atoms with Gasteiger partial charge in [-0.1, -0.05) is 134 Å². The second kappa shape index (κ2) is 12.9. The zero-order valence-electron chi connectivity index (χ0n) is 30.4. The molecule has 0 N–H and O–H groups in total. The second-order valence-corrected chi connectivity index (χ2v) is 14.8. The van der Waals surface area contributed by atoms with Crippen molar-refractivity contribution in [2.45, 2.75) is 19.3 Å². The van der Waals surface area contributed by atoms with Gasteiger partial charge in [0.15, 0.2) is 5.58 Å². The maximum absolute atomic E-state index is 6.61. The maximum atomic E-state index is 6.61. The molecule has 3 nitrogen and oxygen atoms in total. The number of furan rings is 1. The molecule has 2 aromatic heterocycles. The monoisotopic (exact) mass is 706 g/mol. The third-order valence-corrected chi connectivity index (χ3v) is 11.7. The summed E-state index contributed by atoms with van der Waals surface area (Å²) in [4.78, 5) is 2.40. The molecule has 3 aliphatic carbocycles. The van der Waals surface area contributed by atoms with Crippen molar-refractivity contribution in [3.05, 3.63) is 205 Å². The van der Waals surface area contributed by atoms with Crippen LogP contribution in [0.25, 0.3) is 66.1 Å². The summed E-state index contributed by atoms with van der Waals surface area (Å²) in [5.74, 6) is 0.420. The predicted octanol–water partition coefficient (Wildman–Crippen LogP) is 14.2. The number of aromatic nitrogens is 1. The van der Waals surface area contributed by atoms with Crippen LogP contribution in [0.2, 0.25) is 0 Å². The minimum Gasteiger partial charge on any atom is -0.454 e. The Labute approximate surface area is 320 Å². The Morgan fingerprint density at radius 1 is 0.564 bits per heavy atom. The van der Waals surface area contributed by atoms with E-state index >= 15 is 0 Å². The number of nitrogens with zero attached hydrogens (tertiary/aromatic N) is 2. The Balaban J connectivity index is 1.00. The van der Waals surface area contributed by atoms with E-state index in [4.69, 9.17) is 4.42 Å². The van der Waals surface area contributed by atoms with E-state index in [9.17, 15) is 0 Å². The lowest BCUT2D eigenvalue weighted by atomic mass is 9.86. The molecule has 6 aromatic carbocycles. The maximum Gasteiger partial charge on any atom is 0.159 e. The molecule has 0 amide bonds. The quantitative estimate of drug-likeness (QED) is 0.172. The molecule has 11 rings (SSSR count). The minimum absolute atomic E-state index is 0.420. The van der Waals surface area contributed by atoms with Crippen LogP contribution in [-0.4, -0.2) is 4.57 Å². The number of hydrogen-bond donors (Lipinski definition) is 0. The first-order chi connectivity index (χ1) is 27.3. The predicted molar refractivity (Wildman–Crippen MR) is 231 cm³/mol. The van der Waals surface area contributed by atoms with Gasteiger partial charge in [-0.15, -0.1) is 0 Å². The van der Waals surface area contributed by atoms with E-state index in [2.05, 4.69) is 192 Å². The van der Waals surface area contributed by atoms with Crippen LogP contribution in [-0.2, 0) is 0 Å². The van der Waals surface area contributed by atoms with Gasteiger partial charge in [-0.25, -0.2) is 0 Å². The summed E-state index contributed by atoms with van der Waals surface area (Å²) in [6, 6.07) is 50.5. The van der Waals surface area contributed by atoms with Crippen LogP contribution < -0.4 is 4.90 Å². The SMILES string of the molecule is C1=CC2=CC=C(n3c4ccccc4c4cc(-c5ccc(N(C6=CC=C(c7ccccc7)CC6)c6cccc7c6oc6ccccc67)cc5)ccc43)CC2C=C1. The molecule has 8 aromatic rings. The molecule has 0 radical (unpaired) electrons. The molecule has 262 valence electrons. The van der Waals surface area contributed by atoms with E-state index < -0.39 is 0 Å². The summed E-state index contributed by atoms with van der Waals surface area (Å²) in [5.41, 5.74) is 15.5. The van der Waals surface area contributed by atoms with Crippen LogP contribution in [0.5, 0.6) is 0 Å². The van der Waals surface area contributed by atoms with E-state index in [1.165, 1.54) is 61.0 Å². The second-order valence-electron chi connectivity index (χ2n) is 14.8. The number of allylic oxidation sites excluding steroid dienone is 12. The third-order valence-electron chi connectivity index (χ3n) is 11.7. The molecule has 2 heterocycles. The molecule has 55 heavy (non-hydrogen) atoms. The van der Waals surface area contributed by atoms with Crippen molar-refractivity contribution in [2.75, 3.05) is 4.90 Å². The van der Waals surface area contributed by atoms with Crippen molar-refractivity contribution >= 4 is 66.4 Å². The summed E-state index contributed by atoms with van der Waals surface area (Å²) in [6.07, 6.45) is 21.0. The van der Waals surface area contributed by atoms with E-state index in [0.29, 0.717) is 5.92 Å². The van der Waals surface area contributed by atoms with Crippen LogP contribution in [0.15, 0.2) is 204 Å². The van der Waals surface area contributed by atoms with Crippen LogP contribution in [0.1, 0.15) is 24.8 Å². The molecule has 3 aliphatic rings. The van der Waals surface area contributed by atoms with Gasteiger partial charge in [-0.3, -0.25) is 0 Å². The van der Waals surface area contributed by atoms with Gasteiger partial charge in [0.1, 0.15) is 5.58 Å². The lowest BCUT2D eigenvalue weighted by Gasteiger charge is -2.30. The average molecular weight is 707 g/mol. The van der Waals surface area contributed by atoms with Gasteiger partial charge in [0, 0.05) is 44.5 Å². The van der Waals surface area contributed by atoms with Gasteiger partial charge < -0.3 is 13.9 Å². The highest BCUT2D eigenvalue weighted by molar-refractivity contribution is 6.12. The zero-order chi connectivity index (χ0) is 36.3. The molecular formula is C52H38N2O. The van der Waals surface area contributed by atoms with E-state index in [1.807, 2.05) is 6.07 Å². The highest BCUT2D eigenvalue weighted by atomic mass is 16.3. The number of benzene rings is 6. The van der Waals surface area contributed by atoms with Crippen molar-refractivity contribution < 1.29 is 4.42 Å². The molecule has 1 unspecified atom stereocenters. The summed E-state index contributed by atoms with van der Waals surface area (Å²) >= 11 is 0. The van der Waals surface area contributed by atoms with Crippen molar-refractivity contribution in [3.63, 3.8) is 0 Å². The first kappa shape index (κ1) is 31.7. The largest absolute Gasteiger partial charge is 0.454 e. The topological polar surface area (TPSA) is 21.3 Å². The molecule has 1 atom stereocenters. The number of hydrogen-bond acceptors (Lipinski definition) is 2. The van der Waals surface area contributed by atoms with Crippen LogP contribution in [0, 0.1) is 5.92 Å². The van der Waals surface area contributed by atoms with Gasteiger partial charge in [-0.05, 0) is 102 Å².